The quantitative estimate of drug-likeness (QED) is 0.835. The summed E-state index contributed by atoms with van der Waals surface area (Å²) in [5.41, 5.74) is 0. The number of amides is 1. The van der Waals surface area contributed by atoms with Crippen molar-refractivity contribution in [2.45, 2.75) is 18.9 Å². The Bertz CT molecular complexity index is 558. The van der Waals surface area contributed by atoms with E-state index in [2.05, 4.69) is 15.1 Å². The lowest BCUT2D eigenvalue weighted by Crippen LogP contribution is -2.44. The van der Waals surface area contributed by atoms with Crippen LogP contribution < -0.4 is 4.74 Å². The molecule has 0 bridgehead atoms. The second kappa shape index (κ2) is 5.68. The SMILES string of the molecule is O=C(c1ccno1)N1CCC[C@H](Oc2cnccn2)C1. The number of hydrogen-bond acceptors (Lipinski definition) is 6. The molecule has 1 aliphatic heterocycles. The van der Waals surface area contributed by atoms with Gasteiger partial charge in [-0.05, 0) is 12.8 Å². The van der Waals surface area contributed by atoms with E-state index in [9.17, 15) is 4.79 Å². The van der Waals surface area contributed by atoms with Gasteiger partial charge in [0.15, 0.2) is 0 Å². The Morgan fingerprint density at radius 3 is 3.10 bits per heavy atom. The predicted octanol–water partition coefficient (Wildman–Crippen LogP) is 1.15. The Labute approximate surface area is 115 Å². The largest absolute Gasteiger partial charge is 0.471 e. The smallest absolute Gasteiger partial charge is 0.292 e. The molecular weight excluding hydrogens is 260 g/mol. The average molecular weight is 274 g/mol. The van der Waals surface area contributed by atoms with Crippen molar-refractivity contribution >= 4 is 5.91 Å². The molecule has 0 aliphatic carbocycles. The lowest BCUT2D eigenvalue weighted by molar-refractivity contribution is 0.0491. The predicted molar refractivity (Wildman–Crippen MR) is 68.1 cm³/mol. The Morgan fingerprint density at radius 1 is 1.40 bits per heavy atom. The lowest BCUT2D eigenvalue weighted by Gasteiger charge is -2.31. The summed E-state index contributed by atoms with van der Waals surface area (Å²) in [6, 6.07) is 1.56. The fraction of sp³-hybridized carbons (Fsp3) is 0.385. The molecule has 20 heavy (non-hydrogen) atoms. The van der Waals surface area contributed by atoms with Crippen LogP contribution in [-0.4, -0.2) is 45.1 Å². The highest BCUT2D eigenvalue weighted by atomic mass is 16.5. The van der Waals surface area contributed by atoms with Crippen molar-refractivity contribution in [2.75, 3.05) is 13.1 Å². The van der Waals surface area contributed by atoms with Gasteiger partial charge >= 0.3 is 0 Å². The van der Waals surface area contributed by atoms with Gasteiger partial charge in [-0.15, -0.1) is 0 Å². The molecule has 2 aromatic rings. The van der Waals surface area contributed by atoms with Crippen molar-refractivity contribution < 1.29 is 14.1 Å². The number of carbonyl (C=O) groups excluding carboxylic acids is 1. The van der Waals surface area contributed by atoms with Gasteiger partial charge in [-0.3, -0.25) is 9.78 Å². The van der Waals surface area contributed by atoms with Crippen LogP contribution in [0.5, 0.6) is 5.88 Å². The maximum Gasteiger partial charge on any atom is 0.292 e. The molecule has 0 radical (unpaired) electrons. The maximum atomic E-state index is 12.2. The Kier molecular flexibility index (Phi) is 3.58. The number of hydrogen-bond donors (Lipinski definition) is 0. The second-order valence-electron chi connectivity index (χ2n) is 4.55. The normalized spacial score (nSPS) is 18.8. The number of piperidine rings is 1. The molecule has 0 unspecified atom stereocenters. The Balaban J connectivity index is 1.63. The summed E-state index contributed by atoms with van der Waals surface area (Å²) in [4.78, 5) is 21.9. The van der Waals surface area contributed by atoms with E-state index in [-0.39, 0.29) is 17.8 Å². The van der Waals surface area contributed by atoms with Crippen LogP contribution in [0.3, 0.4) is 0 Å². The third-order valence-electron chi connectivity index (χ3n) is 3.14. The molecule has 1 saturated heterocycles. The first-order valence-corrected chi connectivity index (χ1v) is 6.45. The summed E-state index contributed by atoms with van der Waals surface area (Å²) >= 11 is 0. The third kappa shape index (κ3) is 2.76. The average Bonchev–Trinajstić information content (AvgIpc) is 3.02. The minimum atomic E-state index is -0.157. The highest BCUT2D eigenvalue weighted by Crippen LogP contribution is 2.17. The number of likely N-dealkylation sites (tertiary alicyclic amines) is 1. The molecule has 0 N–H and O–H groups in total. The van der Waals surface area contributed by atoms with Crippen LogP contribution in [0.2, 0.25) is 0 Å². The first kappa shape index (κ1) is 12.6. The zero-order chi connectivity index (χ0) is 13.8. The molecular formula is C13H14N4O3. The zero-order valence-corrected chi connectivity index (χ0v) is 10.8. The standard InChI is InChI=1S/C13H14N4O3/c18-13(11-3-4-16-20-11)17-7-1-2-10(9-17)19-12-8-14-5-6-15-12/h3-6,8,10H,1-2,7,9H2/t10-/m0/s1. The van der Waals surface area contributed by atoms with Gasteiger partial charge in [-0.2, -0.15) is 0 Å². The summed E-state index contributed by atoms with van der Waals surface area (Å²) in [6.07, 6.45) is 7.89. The Hall–Kier alpha value is -2.44. The molecule has 2 aromatic heterocycles. The van der Waals surface area contributed by atoms with Crippen molar-refractivity contribution in [3.8, 4) is 5.88 Å². The third-order valence-corrected chi connectivity index (χ3v) is 3.14. The van der Waals surface area contributed by atoms with Gasteiger partial charge in [0.05, 0.1) is 18.9 Å². The van der Waals surface area contributed by atoms with Crippen LogP contribution in [0.4, 0.5) is 0 Å². The summed E-state index contributed by atoms with van der Waals surface area (Å²) in [5, 5.41) is 3.55. The summed E-state index contributed by atoms with van der Waals surface area (Å²) in [5.74, 6) is 0.576. The maximum absolute atomic E-state index is 12.2. The van der Waals surface area contributed by atoms with Gasteiger partial charge in [-0.1, -0.05) is 5.16 Å². The van der Waals surface area contributed by atoms with E-state index in [1.807, 2.05) is 0 Å². The van der Waals surface area contributed by atoms with Crippen LogP contribution in [0.15, 0.2) is 35.4 Å². The first-order valence-electron chi connectivity index (χ1n) is 6.45. The van der Waals surface area contributed by atoms with Gasteiger partial charge < -0.3 is 14.2 Å². The van der Waals surface area contributed by atoms with E-state index in [1.165, 1.54) is 6.20 Å². The van der Waals surface area contributed by atoms with Crippen molar-refractivity contribution in [2.24, 2.45) is 0 Å². The van der Waals surface area contributed by atoms with Crippen LogP contribution in [0, 0.1) is 0 Å². The lowest BCUT2D eigenvalue weighted by atomic mass is 10.1. The van der Waals surface area contributed by atoms with E-state index in [0.29, 0.717) is 19.0 Å². The van der Waals surface area contributed by atoms with E-state index >= 15 is 0 Å². The molecule has 7 nitrogen and oxygen atoms in total. The van der Waals surface area contributed by atoms with Gasteiger partial charge in [0.25, 0.3) is 5.91 Å². The van der Waals surface area contributed by atoms with E-state index < -0.39 is 0 Å². The molecule has 0 spiro atoms. The van der Waals surface area contributed by atoms with Gasteiger partial charge in [-0.25, -0.2) is 4.98 Å². The Morgan fingerprint density at radius 2 is 2.35 bits per heavy atom. The number of rotatable bonds is 3. The van der Waals surface area contributed by atoms with Crippen LogP contribution in [0.25, 0.3) is 0 Å². The second-order valence-corrected chi connectivity index (χ2v) is 4.55. The highest BCUT2D eigenvalue weighted by Gasteiger charge is 2.27. The van der Waals surface area contributed by atoms with Gasteiger partial charge in [0.1, 0.15) is 6.10 Å². The molecule has 1 amide bonds. The molecule has 7 heteroatoms. The number of aromatic nitrogens is 3. The van der Waals surface area contributed by atoms with Gasteiger partial charge in [0.2, 0.25) is 11.6 Å². The number of carbonyl (C=O) groups is 1. The van der Waals surface area contributed by atoms with E-state index in [1.54, 1.807) is 29.6 Å². The number of nitrogens with zero attached hydrogens (tertiary/aromatic N) is 4. The fourth-order valence-corrected chi connectivity index (χ4v) is 2.22. The summed E-state index contributed by atoms with van der Waals surface area (Å²) in [6.45, 7) is 1.20. The van der Waals surface area contributed by atoms with Crippen molar-refractivity contribution in [3.63, 3.8) is 0 Å². The van der Waals surface area contributed by atoms with Crippen LogP contribution >= 0.6 is 0 Å². The molecule has 104 valence electrons. The van der Waals surface area contributed by atoms with E-state index in [0.717, 1.165) is 12.8 Å². The minimum Gasteiger partial charge on any atom is -0.471 e. The summed E-state index contributed by atoms with van der Waals surface area (Å²) < 4.78 is 10.6. The molecule has 1 fully saturated rings. The van der Waals surface area contributed by atoms with Crippen molar-refractivity contribution in [1.29, 1.82) is 0 Å². The molecule has 3 heterocycles. The summed E-state index contributed by atoms with van der Waals surface area (Å²) in [7, 11) is 0. The molecule has 1 atom stereocenters. The highest BCUT2D eigenvalue weighted by molar-refractivity contribution is 5.91. The van der Waals surface area contributed by atoms with Crippen LogP contribution in [-0.2, 0) is 0 Å². The van der Waals surface area contributed by atoms with Crippen LogP contribution in [0.1, 0.15) is 23.4 Å². The molecule has 1 aliphatic rings. The first-order chi connectivity index (χ1) is 9.83. The van der Waals surface area contributed by atoms with Gasteiger partial charge in [0, 0.05) is 25.0 Å². The zero-order valence-electron chi connectivity index (χ0n) is 10.8. The number of ether oxygens (including phenoxy) is 1. The monoisotopic (exact) mass is 274 g/mol. The molecule has 0 saturated carbocycles. The fourth-order valence-electron chi connectivity index (χ4n) is 2.22. The molecule has 3 rings (SSSR count). The molecule has 0 aromatic carbocycles. The van der Waals surface area contributed by atoms with E-state index in [4.69, 9.17) is 9.26 Å². The van der Waals surface area contributed by atoms with Crippen molar-refractivity contribution in [1.82, 2.24) is 20.0 Å². The minimum absolute atomic E-state index is 0.0766. The topological polar surface area (TPSA) is 81.4 Å². The van der Waals surface area contributed by atoms with Crippen molar-refractivity contribution in [3.05, 3.63) is 36.6 Å².